The van der Waals surface area contributed by atoms with Gasteiger partial charge in [0.15, 0.2) is 0 Å². The first-order chi connectivity index (χ1) is 9.15. The maximum atomic E-state index is 11.6. The minimum atomic E-state index is -0.0374. The van der Waals surface area contributed by atoms with Crippen molar-refractivity contribution in [1.82, 2.24) is 10.1 Å². The molecule has 0 radical (unpaired) electrons. The molecular weight excluding hydrogens is 280 g/mol. The number of rotatable bonds is 5. The molecule has 0 aliphatic carbocycles. The Kier molecular flexibility index (Phi) is 6.14. The molecule has 0 saturated heterocycles. The lowest BCUT2D eigenvalue weighted by atomic mass is 10.1. The van der Waals surface area contributed by atoms with Crippen molar-refractivity contribution < 1.29 is 9.32 Å². The van der Waals surface area contributed by atoms with Crippen LogP contribution in [0.4, 0.5) is 5.69 Å². The first-order valence-corrected chi connectivity index (χ1v) is 6.07. The number of carbonyl (C=O) groups excluding carboxylic acids is 1. The van der Waals surface area contributed by atoms with Crippen molar-refractivity contribution >= 4 is 24.0 Å². The third-order valence-corrected chi connectivity index (χ3v) is 2.61. The van der Waals surface area contributed by atoms with Crippen molar-refractivity contribution in [2.24, 2.45) is 5.73 Å². The molecule has 0 bridgehead atoms. The van der Waals surface area contributed by atoms with E-state index in [4.69, 9.17) is 5.73 Å². The Morgan fingerprint density at radius 2 is 2.10 bits per heavy atom. The van der Waals surface area contributed by atoms with Crippen LogP contribution in [0.25, 0.3) is 11.4 Å². The minimum Gasteiger partial charge on any atom is -0.342 e. The van der Waals surface area contributed by atoms with E-state index in [1.807, 2.05) is 19.1 Å². The first kappa shape index (κ1) is 16.1. The minimum absolute atomic E-state index is 0. The summed E-state index contributed by atoms with van der Waals surface area (Å²) in [6, 6.07) is 7.29. The number of nitrogens with zero attached hydrogens (tertiary/aromatic N) is 2. The van der Waals surface area contributed by atoms with E-state index in [1.54, 1.807) is 12.1 Å². The van der Waals surface area contributed by atoms with E-state index < -0.39 is 0 Å². The molecule has 6 nitrogen and oxygen atoms in total. The molecule has 2 rings (SSSR count). The summed E-state index contributed by atoms with van der Waals surface area (Å²) in [5.74, 6) is 0.486. The van der Waals surface area contributed by atoms with Gasteiger partial charge in [0.2, 0.25) is 18.1 Å². The van der Waals surface area contributed by atoms with Gasteiger partial charge in [-0.2, -0.15) is 4.98 Å². The normalized spacial score (nSPS) is 11.5. The fourth-order valence-corrected chi connectivity index (χ4v) is 1.58. The number of anilines is 1. The maximum Gasteiger partial charge on any atom is 0.224 e. The van der Waals surface area contributed by atoms with E-state index in [2.05, 4.69) is 20.0 Å². The van der Waals surface area contributed by atoms with Gasteiger partial charge in [-0.05, 0) is 37.6 Å². The Hall–Kier alpha value is -1.92. The molecule has 0 saturated carbocycles. The molecule has 1 heterocycles. The van der Waals surface area contributed by atoms with Gasteiger partial charge in [0.1, 0.15) is 0 Å². The lowest BCUT2D eigenvalue weighted by Crippen LogP contribution is -2.19. The van der Waals surface area contributed by atoms with E-state index in [1.165, 1.54) is 6.39 Å². The summed E-state index contributed by atoms with van der Waals surface area (Å²) < 4.78 is 4.68. The number of nitrogens with two attached hydrogens (primary N) is 1. The summed E-state index contributed by atoms with van der Waals surface area (Å²) in [5.41, 5.74) is 7.18. The van der Waals surface area contributed by atoms with E-state index in [0.717, 1.165) is 11.3 Å². The molecule has 7 heteroatoms. The Bertz CT molecular complexity index is 526. The van der Waals surface area contributed by atoms with E-state index in [0.29, 0.717) is 18.7 Å². The number of carbonyl (C=O) groups is 1. The third kappa shape index (κ3) is 4.64. The van der Waals surface area contributed by atoms with Crippen LogP contribution in [0.1, 0.15) is 19.8 Å². The van der Waals surface area contributed by atoms with Gasteiger partial charge in [0.05, 0.1) is 0 Å². The van der Waals surface area contributed by atoms with Gasteiger partial charge in [-0.1, -0.05) is 5.16 Å². The van der Waals surface area contributed by atoms with Crippen LogP contribution in [0, 0.1) is 0 Å². The molecule has 1 atom stereocenters. The van der Waals surface area contributed by atoms with Crippen molar-refractivity contribution in [3.05, 3.63) is 30.7 Å². The summed E-state index contributed by atoms with van der Waals surface area (Å²) >= 11 is 0. The zero-order valence-corrected chi connectivity index (χ0v) is 11.9. The van der Waals surface area contributed by atoms with Crippen molar-refractivity contribution in [3.8, 4) is 11.4 Å². The van der Waals surface area contributed by atoms with E-state index in [9.17, 15) is 4.79 Å². The molecule has 1 aromatic heterocycles. The summed E-state index contributed by atoms with van der Waals surface area (Å²) in [6.07, 6.45) is 2.37. The predicted octanol–water partition coefficient (Wildman–Crippen LogP) is 2.22. The summed E-state index contributed by atoms with van der Waals surface area (Å²) in [6.45, 7) is 1.88. The number of hydrogen-bond acceptors (Lipinski definition) is 5. The first-order valence-electron chi connectivity index (χ1n) is 6.07. The topological polar surface area (TPSA) is 94.0 Å². The summed E-state index contributed by atoms with van der Waals surface area (Å²) in [5, 5.41) is 6.55. The van der Waals surface area contributed by atoms with Gasteiger partial charge in [-0.3, -0.25) is 4.79 Å². The molecule has 0 aliphatic rings. The Balaban J connectivity index is 0.00000200. The average Bonchev–Trinajstić information content (AvgIpc) is 2.91. The number of aromatic nitrogens is 2. The Labute approximate surface area is 123 Å². The van der Waals surface area contributed by atoms with Gasteiger partial charge in [-0.15, -0.1) is 12.4 Å². The SMILES string of the molecule is CC(N)CCC(=O)Nc1ccc(-c2ncon2)cc1.Cl. The Morgan fingerprint density at radius 3 is 2.65 bits per heavy atom. The average molecular weight is 297 g/mol. The maximum absolute atomic E-state index is 11.6. The van der Waals surface area contributed by atoms with Crippen LogP contribution in [0.5, 0.6) is 0 Å². The largest absolute Gasteiger partial charge is 0.342 e. The van der Waals surface area contributed by atoms with Crippen LogP contribution in [-0.4, -0.2) is 22.1 Å². The second-order valence-corrected chi connectivity index (χ2v) is 4.40. The zero-order chi connectivity index (χ0) is 13.7. The molecule has 20 heavy (non-hydrogen) atoms. The monoisotopic (exact) mass is 296 g/mol. The highest BCUT2D eigenvalue weighted by Crippen LogP contribution is 2.17. The van der Waals surface area contributed by atoms with Crippen molar-refractivity contribution in [1.29, 1.82) is 0 Å². The van der Waals surface area contributed by atoms with Gasteiger partial charge in [0, 0.05) is 23.7 Å². The van der Waals surface area contributed by atoms with E-state index in [-0.39, 0.29) is 24.4 Å². The van der Waals surface area contributed by atoms with Crippen LogP contribution in [0.3, 0.4) is 0 Å². The van der Waals surface area contributed by atoms with Gasteiger partial charge >= 0.3 is 0 Å². The van der Waals surface area contributed by atoms with Crippen LogP contribution in [0.2, 0.25) is 0 Å². The van der Waals surface area contributed by atoms with Crippen molar-refractivity contribution in [2.75, 3.05) is 5.32 Å². The molecule has 1 unspecified atom stereocenters. The van der Waals surface area contributed by atoms with Crippen LogP contribution in [-0.2, 0) is 4.79 Å². The van der Waals surface area contributed by atoms with Crippen molar-refractivity contribution in [3.63, 3.8) is 0 Å². The smallest absolute Gasteiger partial charge is 0.224 e. The van der Waals surface area contributed by atoms with Gasteiger partial charge in [0.25, 0.3) is 0 Å². The van der Waals surface area contributed by atoms with Crippen LogP contribution < -0.4 is 11.1 Å². The van der Waals surface area contributed by atoms with Crippen LogP contribution >= 0.6 is 12.4 Å². The number of nitrogens with one attached hydrogen (secondary N) is 1. The highest BCUT2D eigenvalue weighted by atomic mass is 35.5. The van der Waals surface area contributed by atoms with Gasteiger partial charge in [-0.25, -0.2) is 0 Å². The van der Waals surface area contributed by atoms with Crippen molar-refractivity contribution in [2.45, 2.75) is 25.8 Å². The molecule has 108 valence electrons. The number of hydrogen-bond donors (Lipinski definition) is 2. The predicted molar refractivity (Wildman–Crippen MR) is 78.5 cm³/mol. The quantitative estimate of drug-likeness (QED) is 0.882. The van der Waals surface area contributed by atoms with E-state index >= 15 is 0 Å². The van der Waals surface area contributed by atoms with Crippen LogP contribution in [0.15, 0.2) is 35.2 Å². The highest BCUT2D eigenvalue weighted by Gasteiger charge is 2.06. The molecule has 1 amide bonds. The molecule has 1 aromatic carbocycles. The Morgan fingerprint density at radius 1 is 1.40 bits per heavy atom. The number of amides is 1. The lowest BCUT2D eigenvalue weighted by Gasteiger charge is -2.07. The molecule has 0 aliphatic heterocycles. The fraction of sp³-hybridized carbons (Fsp3) is 0.308. The molecule has 3 N–H and O–H groups in total. The molecular formula is C13H17ClN4O2. The molecule has 2 aromatic rings. The second kappa shape index (κ2) is 7.62. The zero-order valence-electron chi connectivity index (χ0n) is 11.1. The highest BCUT2D eigenvalue weighted by molar-refractivity contribution is 5.90. The number of benzene rings is 1. The molecule has 0 spiro atoms. The standard InChI is InChI=1S/C13H16N4O2.ClH/c1-9(14)2-7-12(18)16-11-5-3-10(4-6-11)13-15-8-19-17-13;/h3-6,8-9H,2,7,14H2,1H3,(H,16,18);1H. The number of halogens is 1. The fourth-order valence-electron chi connectivity index (χ4n) is 1.58. The van der Waals surface area contributed by atoms with Gasteiger partial charge < -0.3 is 15.6 Å². The second-order valence-electron chi connectivity index (χ2n) is 4.40. The summed E-state index contributed by atoms with van der Waals surface area (Å²) in [4.78, 5) is 15.6. The molecule has 0 fully saturated rings. The summed E-state index contributed by atoms with van der Waals surface area (Å²) in [7, 11) is 0. The third-order valence-electron chi connectivity index (χ3n) is 2.61. The lowest BCUT2D eigenvalue weighted by molar-refractivity contribution is -0.116.